The molecule has 0 spiro atoms. The Kier molecular flexibility index (Phi) is 8.80. The number of methoxy groups -OCH3 is 1. The smallest absolute Gasteiger partial charge is 0.335 e. The molecule has 4 aromatic rings. The summed E-state index contributed by atoms with van der Waals surface area (Å²) in [6, 6.07) is 16.4. The third-order valence-electron chi connectivity index (χ3n) is 8.70. The first-order valence-electron chi connectivity index (χ1n) is 14.9. The van der Waals surface area contributed by atoms with Gasteiger partial charge < -0.3 is 24.3 Å². The average molecular weight is 603 g/mol. The maximum atomic E-state index is 11.3. The van der Waals surface area contributed by atoms with Crippen molar-refractivity contribution in [2.75, 3.05) is 12.4 Å². The van der Waals surface area contributed by atoms with Crippen LogP contribution in [0.3, 0.4) is 0 Å². The lowest BCUT2D eigenvalue weighted by atomic mass is 9.93. The lowest BCUT2D eigenvalue weighted by Crippen LogP contribution is -2.45. The predicted molar refractivity (Wildman–Crippen MR) is 171 cm³/mol. The number of aromatic carboxylic acids is 1. The minimum absolute atomic E-state index is 0.190. The molecule has 0 aliphatic heterocycles. The number of ether oxygens (including phenoxy) is 2. The molecule has 2 N–H and O–H groups in total. The number of carbonyl (C=O) groups is 1. The first-order valence-corrected chi connectivity index (χ1v) is 17.8. The fraction of sp³-hybridized carbons (Fsp3) is 0.424. The molecule has 1 aliphatic rings. The van der Waals surface area contributed by atoms with Gasteiger partial charge >= 0.3 is 5.97 Å². The van der Waals surface area contributed by atoms with Gasteiger partial charge in [-0.2, -0.15) is 5.10 Å². The van der Waals surface area contributed by atoms with E-state index < -0.39 is 14.3 Å². The van der Waals surface area contributed by atoms with Crippen molar-refractivity contribution in [1.29, 1.82) is 0 Å². The first-order chi connectivity index (χ1) is 20.4. The monoisotopic (exact) mass is 602 g/mol. The molecule has 0 amide bonds. The molecule has 5 rings (SSSR count). The number of nitrogens with one attached hydrogen (secondary N) is 1. The number of fused-ring (bicyclic) bond motifs is 1. The Bertz CT molecular complexity index is 1550. The molecule has 1 aliphatic carbocycles. The van der Waals surface area contributed by atoms with Gasteiger partial charge in [0.2, 0.25) is 0 Å². The molecule has 0 atom stereocenters. The number of hydrogen-bond donors (Lipinski definition) is 2. The summed E-state index contributed by atoms with van der Waals surface area (Å²) in [6.45, 7) is 12.0. The fourth-order valence-corrected chi connectivity index (χ4v) is 6.60. The van der Waals surface area contributed by atoms with Crippen LogP contribution >= 0.6 is 0 Å². The van der Waals surface area contributed by atoms with Crippen LogP contribution in [0.5, 0.6) is 17.2 Å². The zero-order valence-electron chi connectivity index (χ0n) is 25.9. The van der Waals surface area contributed by atoms with Gasteiger partial charge in [-0.15, -0.1) is 0 Å². The molecule has 2 heterocycles. The van der Waals surface area contributed by atoms with Crippen molar-refractivity contribution in [3.8, 4) is 17.2 Å². The van der Waals surface area contributed by atoms with E-state index in [-0.39, 0.29) is 22.7 Å². The highest BCUT2D eigenvalue weighted by Crippen LogP contribution is 2.40. The number of pyridine rings is 1. The Morgan fingerprint density at radius 3 is 2.26 bits per heavy atom. The first kappa shape index (κ1) is 30.6. The number of rotatable bonds is 10. The highest BCUT2D eigenvalue weighted by molar-refractivity contribution is 6.74. The molecule has 1 fully saturated rings. The van der Waals surface area contributed by atoms with Crippen LogP contribution in [-0.2, 0) is 11.0 Å². The van der Waals surface area contributed by atoms with E-state index in [9.17, 15) is 9.90 Å². The van der Waals surface area contributed by atoms with Gasteiger partial charge in [0.1, 0.15) is 22.6 Å². The normalized spacial score (nSPS) is 17.5. The van der Waals surface area contributed by atoms with Gasteiger partial charge in [-0.3, -0.25) is 0 Å². The van der Waals surface area contributed by atoms with Gasteiger partial charge in [-0.25, -0.2) is 14.5 Å². The largest absolute Gasteiger partial charge is 0.497 e. The van der Waals surface area contributed by atoms with Crippen molar-refractivity contribution in [3.63, 3.8) is 0 Å². The molecule has 43 heavy (non-hydrogen) atoms. The van der Waals surface area contributed by atoms with Crippen LogP contribution in [0.1, 0.15) is 62.4 Å². The number of carboxylic acid groups (broad SMARTS) is 1. The number of anilines is 1. The molecule has 0 saturated heterocycles. The summed E-state index contributed by atoms with van der Waals surface area (Å²) in [5, 5.41) is 19.0. The molecule has 2 aromatic carbocycles. The second-order valence-corrected chi connectivity index (χ2v) is 17.5. The van der Waals surface area contributed by atoms with E-state index >= 15 is 0 Å². The highest BCUT2D eigenvalue weighted by atomic mass is 28.4. The van der Waals surface area contributed by atoms with Crippen LogP contribution in [0.2, 0.25) is 18.1 Å². The summed E-state index contributed by atoms with van der Waals surface area (Å²) in [7, 11) is -0.166. The third-order valence-corrected chi connectivity index (χ3v) is 13.2. The predicted octanol–water partition coefficient (Wildman–Crippen LogP) is 7.72. The van der Waals surface area contributed by atoms with Gasteiger partial charge in [-0.05, 0) is 85.8 Å². The average Bonchev–Trinajstić information content (AvgIpc) is 3.31. The van der Waals surface area contributed by atoms with Crippen LogP contribution in [0, 0.1) is 0 Å². The number of hydrogen-bond acceptors (Lipinski definition) is 7. The summed E-state index contributed by atoms with van der Waals surface area (Å²) in [5.74, 6) is 1.68. The lowest BCUT2D eigenvalue weighted by Gasteiger charge is -2.41. The Balaban J connectivity index is 1.41. The molecule has 10 heteroatoms. The minimum atomic E-state index is -1.82. The van der Waals surface area contributed by atoms with E-state index in [1.165, 1.54) is 12.1 Å². The maximum absolute atomic E-state index is 11.3. The van der Waals surface area contributed by atoms with E-state index in [4.69, 9.17) is 24.0 Å². The zero-order chi connectivity index (χ0) is 30.8. The molecule has 0 bridgehead atoms. The van der Waals surface area contributed by atoms with Crippen molar-refractivity contribution < 1.29 is 23.8 Å². The van der Waals surface area contributed by atoms with E-state index in [1.807, 2.05) is 35.0 Å². The third kappa shape index (κ3) is 7.02. The lowest BCUT2D eigenvalue weighted by molar-refractivity contribution is 0.0697. The zero-order valence-corrected chi connectivity index (χ0v) is 26.9. The number of aromatic nitrogens is 3. The summed E-state index contributed by atoms with van der Waals surface area (Å²) >= 11 is 0. The Morgan fingerprint density at radius 2 is 1.65 bits per heavy atom. The van der Waals surface area contributed by atoms with E-state index in [0.29, 0.717) is 23.7 Å². The highest BCUT2D eigenvalue weighted by Gasteiger charge is 2.40. The van der Waals surface area contributed by atoms with Crippen LogP contribution in [0.15, 0.2) is 60.8 Å². The topological polar surface area (TPSA) is 108 Å². The van der Waals surface area contributed by atoms with Crippen molar-refractivity contribution in [1.82, 2.24) is 14.8 Å². The summed E-state index contributed by atoms with van der Waals surface area (Å²) in [4.78, 5) is 16.0. The van der Waals surface area contributed by atoms with Gasteiger partial charge in [0.05, 0.1) is 19.2 Å². The number of nitrogens with zero attached hydrogens (tertiary/aromatic N) is 3. The summed E-state index contributed by atoms with van der Waals surface area (Å²) in [6.07, 6.45) is 5.98. The quantitative estimate of drug-likeness (QED) is 0.178. The Labute approximate surface area is 254 Å². The molecular weight excluding hydrogens is 560 g/mol. The van der Waals surface area contributed by atoms with E-state index in [0.717, 1.165) is 48.2 Å². The number of benzene rings is 2. The van der Waals surface area contributed by atoms with Gasteiger partial charge in [0.25, 0.3) is 0 Å². The second kappa shape index (κ2) is 12.4. The van der Waals surface area contributed by atoms with Gasteiger partial charge in [0.15, 0.2) is 19.8 Å². The molecule has 0 unspecified atom stereocenters. The fourth-order valence-electron chi connectivity index (χ4n) is 5.17. The maximum Gasteiger partial charge on any atom is 0.335 e. The molecule has 9 nitrogen and oxygen atoms in total. The second-order valence-electron chi connectivity index (χ2n) is 12.8. The molecule has 0 radical (unpaired) electrons. The molecular formula is C33H42N4O5Si. The molecule has 2 aromatic heterocycles. The van der Waals surface area contributed by atoms with Gasteiger partial charge in [0, 0.05) is 24.4 Å². The van der Waals surface area contributed by atoms with Gasteiger partial charge in [-0.1, -0.05) is 32.9 Å². The number of carboxylic acids is 1. The van der Waals surface area contributed by atoms with Crippen molar-refractivity contribution in [3.05, 3.63) is 71.9 Å². The van der Waals surface area contributed by atoms with E-state index in [2.05, 4.69) is 39.2 Å². The summed E-state index contributed by atoms with van der Waals surface area (Å²) in [5.41, 5.74) is 1.97. The van der Waals surface area contributed by atoms with Crippen LogP contribution in [-0.4, -0.2) is 53.4 Å². The standard InChI is InChI=1S/C33H42N4O5Si/c1-33(2,3)43(5,6)42-27-17-11-24(12-18-27)35-30-29-28(41-26-15-9-23(10-16-26)32(38)39)19-20-34-31(29)37(36-30)21-22-7-13-25(40-4)14-8-22/h7-10,13-16,19-20,24,27H,11-12,17-18,21H2,1-6H3,(H,35,36)(H,38,39)/t24-,27-. The minimum Gasteiger partial charge on any atom is -0.497 e. The summed E-state index contributed by atoms with van der Waals surface area (Å²) < 4.78 is 20.2. The van der Waals surface area contributed by atoms with Crippen molar-refractivity contribution >= 4 is 31.1 Å². The Morgan fingerprint density at radius 1 is 1.00 bits per heavy atom. The molecule has 1 saturated carbocycles. The van der Waals surface area contributed by atoms with Crippen molar-refractivity contribution in [2.24, 2.45) is 0 Å². The van der Waals surface area contributed by atoms with Crippen LogP contribution < -0.4 is 14.8 Å². The SMILES string of the molecule is COc1ccc(Cn2nc(N[C@H]3CC[C@H](O[Si](C)(C)C(C)(C)C)CC3)c3c(Oc4ccc(C(=O)O)cc4)ccnc32)cc1. The Hall–Kier alpha value is -3.89. The van der Waals surface area contributed by atoms with Crippen molar-refractivity contribution in [2.45, 2.75) is 83.3 Å². The van der Waals surface area contributed by atoms with Crippen LogP contribution in [0.4, 0.5) is 5.82 Å². The van der Waals surface area contributed by atoms with Crippen LogP contribution in [0.25, 0.3) is 11.0 Å². The molecule has 228 valence electrons. The van der Waals surface area contributed by atoms with E-state index in [1.54, 1.807) is 25.4 Å².